The van der Waals surface area contributed by atoms with E-state index in [-0.39, 0.29) is 16.1 Å². The average Bonchev–Trinajstić information content (AvgIpc) is 2.62. The van der Waals surface area contributed by atoms with E-state index < -0.39 is 27.8 Å². The maximum absolute atomic E-state index is 13.8. The van der Waals surface area contributed by atoms with Gasteiger partial charge in [0, 0.05) is 0 Å². The van der Waals surface area contributed by atoms with E-state index in [0.29, 0.717) is 6.07 Å². The molecular weight excluding hydrogens is 316 g/mol. The Bertz CT molecular complexity index is 644. The van der Waals surface area contributed by atoms with Crippen LogP contribution in [0.2, 0.25) is 0 Å². The van der Waals surface area contributed by atoms with Gasteiger partial charge in [0.2, 0.25) is 5.82 Å². The molecular formula is C9H4BrF2N3O3. The van der Waals surface area contributed by atoms with Crippen molar-refractivity contribution in [2.24, 2.45) is 0 Å². The fourth-order valence-corrected chi connectivity index (χ4v) is 1.69. The molecule has 94 valence electrons. The fraction of sp³-hybridized carbons (Fsp3) is 0. The average molecular weight is 320 g/mol. The first-order valence-electron chi connectivity index (χ1n) is 4.46. The minimum Gasteiger partial charge on any atom is -0.380 e. The molecule has 2 N–H and O–H groups in total. The monoisotopic (exact) mass is 319 g/mol. The van der Waals surface area contributed by atoms with Crippen LogP contribution in [0.1, 0.15) is 0 Å². The van der Waals surface area contributed by atoms with Crippen molar-refractivity contribution in [1.82, 2.24) is 5.16 Å². The molecule has 2 rings (SSSR count). The van der Waals surface area contributed by atoms with Crippen molar-refractivity contribution in [1.29, 1.82) is 0 Å². The molecule has 0 spiro atoms. The lowest BCUT2D eigenvalue weighted by Crippen LogP contribution is -1.96. The molecule has 2 aromatic rings. The van der Waals surface area contributed by atoms with Crippen molar-refractivity contribution in [2.45, 2.75) is 0 Å². The van der Waals surface area contributed by atoms with E-state index in [4.69, 9.17) is 10.3 Å². The summed E-state index contributed by atoms with van der Waals surface area (Å²) in [5.74, 6) is -2.48. The molecule has 9 heteroatoms. The number of nitro groups is 1. The summed E-state index contributed by atoms with van der Waals surface area (Å²) >= 11 is 2.97. The summed E-state index contributed by atoms with van der Waals surface area (Å²) in [5.41, 5.74) is 3.94. The van der Waals surface area contributed by atoms with Gasteiger partial charge in [-0.05, 0) is 22.0 Å². The molecule has 0 radical (unpaired) electrons. The van der Waals surface area contributed by atoms with Crippen molar-refractivity contribution in [3.63, 3.8) is 0 Å². The summed E-state index contributed by atoms with van der Waals surface area (Å²) in [7, 11) is 0. The third-order valence-electron chi connectivity index (χ3n) is 2.12. The van der Waals surface area contributed by atoms with Crippen LogP contribution in [0.4, 0.5) is 20.3 Å². The highest BCUT2D eigenvalue weighted by Crippen LogP contribution is 2.37. The highest BCUT2D eigenvalue weighted by molar-refractivity contribution is 9.10. The number of hydrogen-bond acceptors (Lipinski definition) is 5. The zero-order chi connectivity index (χ0) is 13.4. The molecule has 0 saturated heterocycles. The Balaban J connectivity index is 2.72. The SMILES string of the molecule is Nc1noc(-c2cc(F)cc([N+](=O)[O-])c2F)c1Br. The zero-order valence-corrected chi connectivity index (χ0v) is 10.1. The Kier molecular flexibility index (Phi) is 2.99. The van der Waals surface area contributed by atoms with Gasteiger partial charge in [-0.2, -0.15) is 4.39 Å². The van der Waals surface area contributed by atoms with Crippen LogP contribution in [-0.2, 0) is 0 Å². The topological polar surface area (TPSA) is 95.2 Å². The number of nitrogens with zero attached hydrogens (tertiary/aromatic N) is 2. The van der Waals surface area contributed by atoms with Crippen LogP contribution in [0.15, 0.2) is 21.1 Å². The Hall–Kier alpha value is -2.03. The molecule has 0 saturated carbocycles. The molecule has 0 aliphatic rings. The predicted molar refractivity (Wildman–Crippen MR) is 60.6 cm³/mol. The summed E-state index contributed by atoms with van der Waals surface area (Å²) in [4.78, 5) is 9.53. The fourth-order valence-electron chi connectivity index (χ4n) is 1.33. The van der Waals surface area contributed by atoms with Gasteiger partial charge in [0.1, 0.15) is 10.3 Å². The van der Waals surface area contributed by atoms with E-state index in [1.54, 1.807) is 0 Å². The van der Waals surface area contributed by atoms with E-state index in [1.807, 2.05) is 0 Å². The van der Waals surface area contributed by atoms with Gasteiger partial charge >= 0.3 is 5.69 Å². The number of hydrogen-bond donors (Lipinski definition) is 1. The summed E-state index contributed by atoms with van der Waals surface area (Å²) in [6.45, 7) is 0. The highest BCUT2D eigenvalue weighted by Gasteiger charge is 2.25. The standard InChI is InChI=1S/C9H4BrF2N3O3/c10-6-8(18-14-9(6)13)4-1-3(11)2-5(7(4)12)15(16)17/h1-2H,(H2,13,14). The second-order valence-electron chi connectivity index (χ2n) is 3.25. The molecule has 0 bridgehead atoms. The molecule has 0 aliphatic heterocycles. The third kappa shape index (κ3) is 1.92. The number of nitrogen functional groups attached to an aromatic ring is 1. The number of nitrogens with two attached hydrogens (primary N) is 1. The van der Waals surface area contributed by atoms with Crippen molar-refractivity contribution < 1.29 is 18.2 Å². The first kappa shape index (κ1) is 12.4. The Morgan fingerprint density at radius 2 is 2.11 bits per heavy atom. The first-order valence-corrected chi connectivity index (χ1v) is 5.25. The lowest BCUT2D eigenvalue weighted by molar-refractivity contribution is -0.387. The highest BCUT2D eigenvalue weighted by atomic mass is 79.9. The van der Waals surface area contributed by atoms with Gasteiger partial charge in [-0.3, -0.25) is 10.1 Å². The maximum Gasteiger partial charge on any atom is 0.308 e. The Morgan fingerprint density at radius 1 is 1.44 bits per heavy atom. The van der Waals surface area contributed by atoms with Gasteiger partial charge in [-0.15, -0.1) is 0 Å². The summed E-state index contributed by atoms with van der Waals surface area (Å²) in [6, 6.07) is 1.24. The van der Waals surface area contributed by atoms with E-state index in [1.165, 1.54) is 0 Å². The van der Waals surface area contributed by atoms with Crippen molar-refractivity contribution in [3.05, 3.63) is 38.4 Å². The summed E-state index contributed by atoms with van der Waals surface area (Å²) in [5, 5.41) is 13.9. The molecule has 1 heterocycles. The normalized spacial score (nSPS) is 10.6. The maximum atomic E-state index is 13.8. The van der Waals surface area contributed by atoms with Gasteiger partial charge < -0.3 is 10.3 Å². The molecule has 6 nitrogen and oxygen atoms in total. The molecule has 1 aromatic heterocycles. The van der Waals surface area contributed by atoms with E-state index in [0.717, 1.165) is 6.07 Å². The number of benzene rings is 1. The van der Waals surface area contributed by atoms with E-state index in [9.17, 15) is 18.9 Å². The van der Waals surface area contributed by atoms with Crippen LogP contribution in [0, 0.1) is 21.7 Å². The predicted octanol–water partition coefficient (Wildman–Crippen LogP) is 2.87. The van der Waals surface area contributed by atoms with Gasteiger partial charge in [0.15, 0.2) is 11.6 Å². The van der Waals surface area contributed by atoms with Crippen LogP contribution in [-0.4, -0.2) is 10.1 Å². The van der Waals surface area contributed by atoms with Gasteiger partial charge in [-0.25, -0.2) is 4.39 Å². The van der Waals surface area contributed by atoms with Crippen LogP contribution < -0.4 is 5.73 Å². The minimum atomic E-state index is -1.22. The number of anilines is 1. The van der Waals surface area contributed by atoms with Gasteiger partial charge in [0.05, 0.1) is 16.6 Å². The van der Waals surface area contributed by atoms with Gasteiger partial charge in [-0.1, -0.05) is 5.16 Å². The molecule has 0 unspecified atom stereocenters. The number of halogens is 3. The van der Waals surface area contributed by atoms with Crippen LogP contribution in [0.25, 0.3) is 11.3 Å². The second kappa shape index (κ2) is 4.33. The molecule has 1 aromatic carbocycles. The molecule has 0 fully saturated rings. The lowest BCUT2D eigenvalue weighted by Gasteiger charge is -2.01. The third-order valence-corrected chi connectivity index (χ3v) is 2.89. The molecule has 0 aliphatic carbocycles. The van der Waals surface area contributed by atoms with E-state index >= 15 is 0 Å². The quantitative estimate of drug-likeness (QED) is 0.678. The second-order valence-corrected chi connectivity index (χ2v) is 4.05. The number of rotatable bonds is 2. The van der Waals surface area contributed by atoms with Crippen LogP contribution >= 0.6 is 15.9 Å². The summed E-state index contributed by atoms with van der Waals surface area (Å²) in [6.07, 6.45) is 0. The number of aromatic nitrogens is 1. The molecule has 0 atom stereocenters. The first-order chi connectivity index (χ1) is 8.41. The summed E-state index contributed by atoms with van der Waals surface area (Å²) < 4.78 is 31.8. The smallest absolute Gasteiger partial charge is 0.308 e. The minimum absolute atomic E-state index is 0.0729. The molecule has 0 amide bonds. The van der Waals surface area contributed by atoms with Crippen molar-refractivity contribution in [2.75, 3.05) is 5.73 Å². The molecule has 18 heavy (non-hydrogen) atoms. The van der Waals surface area contributed by atoms with Crippen molar-refractivity contribution in [3.8, 4) is 11.3 Å². The van der Waals surface area contributed by atoms with Gasteiger partial charge in [0.25, 0.3) is 0 Å². The Morgan fingerprint density at radius 3 is 2.61 bits per heavy atom. The Labute approximate surface area is 107 Å². The lowest BCUT2D eigenvalue weighted by atomic mass is 10.1. The van der Waals surface area contributed by atoms with Crippen LogP contribution in [0.3, 0.4) is 0 Å². The van der Waals surface area contributed by atoms with Crippen LogP contribution in [0.5, 0.6) is 0 Å². The largest absolute Gasteiger partial charge is 0.380 e. The van der Waals surface area contributed by atoms with E-state index in [2.05, 4.69) is 21.1 Å². The zero-order valence-electron chi connectivity index (χ0n) is 8.49. The number of nitro benzene ring substituents is 1. The van der Waals surface area contributed by atoms with Crippen molar-refractivity contribution >= 4 is 27.4 Å².